The molecule has 3 aromatic rings. The summed E-state index contributed by atoms with van der Waals surface area (Å²) in [6.45, 7) is 4.72. The Morgan fingerprint density at radius 3 is 2.81 bits per heavy atom. The third-order valence-corrected chi connectivity index (χ3v) is 6.46. The van der Waals surface area contributed by atoms with Crippen LogP contribution in [0.15, 0.2) is 59.0 Å². The molecule has 1 saturated heterocycles. The zero-order valence-corrected chi connectivity index (χ0v) is 20.1. The normalized spacial score (nSPS) is 15.9. The van der Waals surface area contributed by atoms with Crippen LogP contribution >= 0.6 is 35.6 Å². The fourth-order valence-electron chi connectivity index (χ4n) is 3.48. The minimum atomic E-state index is 0.431. The Balaban J connectivity index is 1.51. The highest BCUT2D eigenvalue weighted by atomic mass is 35.5. The van der Waals surface area contributed by atoms with Gasteiger partial charge in [0, 0.05) is 43.1 Å². The first kappa shape index (κ1) is 22.7. The molecule has 1 aliphatic heterocycles. The van der Waals surface area contributed by atoms with E-state index in [1.54, 1.807) is 18.5 Å². The van der Waals surface area contributed by atoms with Gasteiger partial charge in [-0.2, -0.15) is 4.98 Å². The summed E-state index contributed by atoms with van der Waals surface area (Å²) in [6.07, 6.45) is 5.82. The van der Waals surface area contributed by atoms with E-state index >= 15 is 0 Å². The third-order valence-electron chi connectivity index (χ3n) is 5.03. The molecule has 0 unspecified atom stereocenters. The average Bonchev–Trinajstić information content (AvgIpc) is 2.79. The van der Waals surface area contributed by atoms with Crippen molar-refractivity contribution in [2.24, 2.45) is 5.92 Å². The molecule has 4 rings (SSSR count). The summed E-state index contributed by atoms with van der Waals surface area (Å²) < 4.78 is 0. The highest BCUT2D eigenvalue weighted by molar-refractivity contribution is 7.99. The Labute approximate surface area is 202 Å². The second-order valence-corrected chi connectivity index (χ2v) is 9.42. The summed E-state index contributed by atoms with van der Waals surface area (Å²) >= 11 is 13.1. The van der Waals surface area contributed by atoms with Gasteiger partial charge < -0.3 is 15.5 Å². The summed E-state index contributed by atoms with van der Waals surface area (Å²) in [5, 5.41) is 8.82. The Morgan fingerprint density at radius 1 is 1.22 bits per heavy atom. The van der Waals surface area contributed by atoms with Crippen molar-refractivity contribution in [2.75, 3.05) is 23.3 Å². The fraction of sp³-hybridized carbons (Fsp3) is 0.318. The first-order valence-corrected chi connectivity index (χ1v) is 12.0. The van der Waals surface area contributed by atoms with E-state index in [0.29, 0.717) is 33.7 Å². The molecule has 3 heterocycles. The fourth-order valence-corrected chi connectivity index (χ4v) is 4.55. The first-order valence-electron chi connectivity index (χ1n) is 10.4. The molecule has 10 heteroatoms. The summed E-state index contributed by atoms with van der Waals surface area (Å²) in [5.74, 6) is 1.94. The lowest BCUT2D eigenvalue weighted by Crippen LogP contribution is -2.35. The summed E-state index contributed by atoms with van der Waals surface area (Å²) in [4.78, 5) is 20.3. The van der Waals surface area contributed by atoms with E-state index < -0.39 is 0 Å². The molecule has 32 heavy (non-hydrogen) atoms. The molecule has 2 N–H and O–H groups in total. The lowest BCUT2D eigenvalue weighted by Gasteiger charge is -2.32. The Hall–Kier alpha value is -2.49. The molecule has 1 atom stereocenters. The van der Waals surface area contributed by atoms with Crippen LogP contribution in [0.3, 0.4) is 0 Å². The van der Waals surface area contributed by atoms with Crippen molar-refractivity contribution in [3.8, 4) is 0 Å². The maximum absolute atomic E-state index is 6.24. The number of benzene rings is 1. The lowest BCUT2D eigenvalue weighted by atomic mass is 10.0. The maximum atomic E-state index is 6.24. The molecule has 2 aromatic heterocycles. The van der Waals surface area contributed by atoms with Gasteiger partial charge in [0.05, 0.1) is 0 Å². The van der Waals surface area contributed by atoms with E-state index in [4.69, 9.17) is 28.8 Å². The lowest BCUT2D eigenvalue weighted by molar-refractivity contribution is 0.444. The quantitative estimate of drug-likeness (QED) is 0.291. The minimum absolute atomic E-state index is 0.431. The van der Waals surface area contributed by atoms with Crippen molar-refractivity contribution in [3.05, 3.63) is 59.4 Å². The summed E-state index contributed by atoms with van der Waals surface area (Å²) in [7, 11) is 0. The largest absolute Gasteiger partial charge is 0.358 e. The average molecular weight is 486 g/mol. The number of nitrogens with zero attached hydrogens (tertiary/aromatic N) is 5. The second-order valence-electron chi connectivity index (χ2n) is 7.61. The van der Waals surface area contributed by atoms with E-state index in [9.17, 15) is 0 Å². The molecule has 1 fully saturated rings. The molecule has 0 spiro atoms. The van der Waals surface area contributed by atoms with Gasteiger partial charge in [0.15, 0.2) is 10.3 Å². The van der Waals surface area contributed by atoms with Crippen LogP contribution in [0, 0.1) is 5.92 Å². The molecule has 1 aliphatic rings. The van der Waals surface area contributed by atoms with Gasteiger partial charge in [-0.25, -0.2) is 15.0 Å². The minimum Gasteiger partial charge on any atom is -0.358 e. The summed E-state index contributed by atoms with van der Waals surface area (Å²) in [6, 6.07) is 11.4. The standard InChI is InChI=1S/C22H24ClN7S2/c1-15-6-4-11-30(14-15)18-12-19(32-22-24-9-5-10-25-22)28-20(27-18)29-21(31)26-13-16-7-2-3-8-17(16)23/h2-3,5,7-10,12,15H,4,6,11,13-14H2,1H3,(H2,26,27,28,29,31)/t15-/m0/s1. The van der Waals surface area contributed by atoms with E-state index in [2.05, 4.69) is 37.4 Å². The first-order chi connectivity index (χ1) is 15.6. The highest BCUT2D eigenvalue weighted by Gasteiger charge is 2.20. The number of halogens is 1. The Morgan fingerprint density at radius 2 is 2.03 bits per heavy atom. The van der Waals surface area contributed by atoms with E-state index in [-0.39, 0.29) is 0 Å². The molecule has 0 saturated carbocycles. The van der Waals surface area contributed by atoms with Crippen LogP contribution < -0.4 is 15.5 Å². The predicted molar refractivity (Wildman–Crippen MR) is 133 cm³/mol. The molecular weight excluding hydrogens is 462 g/mol. The molecular formula is C22H24ClN7S2. The van der Waals surface area contributed by atoms with Crippen LogP contribution in [0.2, 0.25) is 5.02 Å². The second kappa shape index (κ2) is 10.9. The number of aromatic nitrogens is 4. The number of hydrogen-bond acceptors (Lipinski definition) is 7. The van der Waals surface area contributed by atoms with Gasteiger partial charge in [-0.15, -0.1) is 0 Å². The Bertz CT molecular complexity index is 1070. The van der Waals surface area contributed by atoms with Gasteiger partial charge in [0.25, 0.3) is 0 Å². The molecule has 1 aromatic carbocycles. The topological polar surface area (TPSA) is 78.9 Å². The van der Waals surface area contributed by atoms with Crippen molar-refractivity contribution in [2.45, 2.75) is 36.5 Å². The molecule has 7 nitrogen and oxygen atoms in total. The SMILES string of the molecule is C[C@H]1CCCN(c2cc(Sc3ncccn3)nc(NC(=S)NCc3ccccc3Cl)n2)C1. The molecule has 166 valence electrons. The van der Waals surface area contributed by atoms with Crippen molar-refractivity contribution < 1.29 is 0 Å². The molecule has 0 amide bonds. The molecule has 0 radical (unpaired) electrons. The zero-order valence-electron chi connectivity index (χ0n) is 17.7. The van der Waals surface area contributed by atoms with Gasteiger partial charge in [-0.05, 0) is 60.4 Å². The van der Waals surface area contributed by atoms with E-state index in [1.165, 1.54) is 18.2 Å². The number of piperidine rings is 1. The van der Waals surface area contributed by atoms with Crippen LogP contribution in [0.25, 0.3) is 0 Å². The van der Waals surface area contributed by atoms with Crippen LogP contribution in [0.5, 0.6) is 0 Å². The number of nitrogens with one attached hydrogen (secondary N) is 2. The zero-order chi connectivity index (χ0) is 22.3. The Kier molecular flexibility index (Phi) is 7.72. The van der Waals surface area contributed by atoms with Gasteiger partial charge in [-0.1, -0.05) is 36.7 Å². The van der Waals surface area contributed by atoms with Gasteiger partial charge in [0.2, 0.25) is 5.95 Å². The van der Waals surface area contributed by atoms with Crippen LogP contribution in [0.1, 0.15) is 25.3 Å². The third kappa shape index (κ3) is 6.27. The number of thiocarbonyl (C=S) groups is 1. The van der Waals surface area contributed by atoms with Crippen LogP contribution in [-0.4, -0.2) is 38.1 Å². The molecule has 0 bridgehead atoms. The highest BCUT2D eigenvalue weighted by Crippen LogP contribution is 2.29. The van der Waals surface area contributed by atoms with Crippen molar-refractivity contribution in [1.29, 1.82) is 0 Å². The van der Waals surface area contributed by atoms with Crippen LogP contribution in [0.4, 0.5) is 11.8 Å². The molecule has 0 aliphatic carbocycles. The van der Waals surface area contributed by atoms with Crippen molar-refractivity contribution in [1.82, 2.24) is 25.3 Å². The number of hydrogen-bond donors (Lipinski definition) is 2. The monoisotopic (exact) mass is 485 g/mol. The van der Waals surface area contributed by atoms with E-state index in [1.807, 2.05) is 30.3 Å². The number of anilines is 2. The van der Waals surface area contributed by atoms with Crippen LogP contribution in [-0.2, 0) is 6.54 Å². The smallest absolute Gasteiger partial charge is 0.232 e. The van der Waals surface area contributed by atoms with Gasteiger partial charge in [0.1, 0.15) is 10.8 Å². The maximum Gasteiger partial charge on any atom is 0.232 e. The van der Waals surface area contributed by atoms with Crippen molar-refractivity contribution in [3.63, 3.8) is 0 Å². The predicted octanol–water partition coefficient (Wildman–Crippen LogP) is 4.79. The van der Waals surface area contributed by atoms with Crippen molar-refractivity contribution >= 4 is 52.5 Å². The summed E-state index contributed by atoms with van der Waals surface area (Å²) in [5.41, 5.74) is 0.966. The number of rotatable bonds is 6. The van der Waals surface area contributed by atoms with E-state index in [0.717, 1.165) is 35.9 Å². The van der Waals surface area contributed by atoms with Gasteiger partial charge >= 0.3 is 0 Å². The van der Waals surface area contributed by atoms with Gasteiger partial charge in [-0.3, -0.25) is 0 Å².